The summed E-state index contributed by atoms with van der Waals surface area (Å²) in [6.07, 6.45) is -3.66. The summed E-state index contributed by atoms with van der Waals surface area (Å²) in [5, 5.41) is 0. The Labute approximate surface area is 105 Å². The summed E-state index contributed by atoms with van der Waals surface area (Å²) in [6.45, 7) is 1.11. The summed E-state index contributed by atoms with van der Waals surface area (Å²) in [5.41, 5.74) is -0.695. The molecule has 0 amide bonds. The van der Waals surface area contributed by atoms with Gasteiger partial charge in [0.05, 0.1) is 23.2 Å². The van der Waals surface area contributed by atoms with Gasteiger partial charge in [-0.05, 0) is 34.1 Å². The van der Waals surface area contributed by atoms with Crippen molar-refractivity contribution in [2.75, 3.05) is 13.2 Å². The molecule has 1 fully saturated rings. The van der Waals surface area contributed by atoms with Gasteiger partial charge in [-0.1, -0.05) is 0 Å². The molecule has 1 aliphatic heterocycles. The van der Waals surface area contributed by atoms with Gasteiger partial charge in [0.15, 0.2) is 0 Å². The maximum absolute atomic E-state index is 12.4. The first-order valence-electron chi connectivity index (χ1n) is 5.08. The van der Waals surface area contributed by atoms with Gasteiger partial charge >= 0.3 is 6.18 Å². The van der Waals surface area contributed by atoms with Gasteiger partial charge in [-0.3, -0.25) is 0 Å². The molecule has 94 valence electrons. The van der Waals surface area contributed by atoms with Gasteiger partial charge in [0.1, 0.15) is 11.9 Å². The van der Waals surface area contributed by atoms with Crippen LogP contribution >= 0.6 is 15.9 Å². The van der Waals surface area contributed by atoms with Crippen LogP contribution in [0.1, 0.15) is 12.0 Å². The Morgan fingerprint density at radius 2 is 2.12 bits per heavy atom. The van der Waals surface area contributed by atoms with Crippen LogP contribution in [0.4, 0.5) is 13.2 Å². The molecule has 0 bridgehead atoms. The minimum atomic E-state index is -4.34. The van der Waals surface area contributed by atoms with E-state index >= 15 is 0 Å². The fourth-order valence-electron chi connectivity index (χ4n) is 1.56. The van der Waals surface area contributed by atoms with E-state index in [9.17, 15) is 13.2 Å². The molecule has 0 spiro atoms. The lowest BCUT2D eigenvalue weighted by Crippen LogP contribution is -2.16. The second kappa shape index (κ2) is 4.86. The highest BCUT2D eigenvalue weighted by Gasteiger charge is 2.31. The van der Waals surface area contributed by atoms with Gasteiger partial charge in [-0.25, -0.2) is 0 Å². The molecule has 2 nitrogen and oxygen atoms in total. The zero-order valence-electron chi connectivity index (χ0n) is 8.76. The van der Waals surface area contributed by atoms with Crippen LogP contribution in [0.3, 0.4) is 0 Å². The van der Waals surface area contributed by atoms with Crippen LogP contribution in [0.25, 0.3) is 0 Å². The SMILES string of the molecule is FC(F)(F)c1ccc(O[C@@H]2CCOC2)c(Br)c1. The predicted octanol–water partition coefficient (Wildman–Crippen LogP) is 3.64. The van der Waals surface area contributed by atoms with Gasteiger partial charge in [0.25, 0.3) is 0 Å². The molecule has 0 saturated carbocycles. The second-order valence-electron chi connectivity index (χ2n) is 3.75. The molecule has 0 radical (unpaired) electrons. The van der Waals surface area contributed by atoms with Crippen LogP contribution in [0.15, 0.2) is 22.7 Å². The van der Waals surface area contributed by atoms with E-state index in [0.29, 0.717) is 23.4 Å². The molecule has 0 aromatic heterocycles. The van der Waals surface area contributed by atoms with E-state index in [2.05, 4.69) is 15.9 Å². The van der Waals surface area contributed by atoms with Crippen molar-refractivity contribution in [2.45, 2.75) is 18.7 Å². The molecule has 2 rings (SSSR count). The van der Waals surface area contributed by atoms with Crippen LogP contribution in [-0.4, -0.2) is 19.3 Å². The quantitative estimate of drug-likeness (QED) is 0.830. The first-order valence-corrected chi connectivity index (χ1v) is 5.87. The lowest BCUT2D eigenvalue weighted by molar-refractivity contribution is -0.137. The van der Waals surface area contributed by atoms with Crippen LogP contribution in [0.2, 0.25) is 0 Å². The lowest BCUT2D eigenvalue weighted by Gasteiger charge is -2.14. The topological polar surface area (TPSA) is 18.5 Å². The number of benzene rings is 1. The largest absolute Gasteiger partial charge is 0.487 e. The summed E-state index contributed by atoms with van der Waals surface area (Å²) >= 11 is 3.08. The first kappa shape index (κ1) is 12.7. The Balaban J connectivity index is 2.14. The summed E-state index contributed by atoms with van der Waals surface area (Å²) in [5.74, 6) is 0.411. The van der Waals surface area contributed by atoms with Gasteiger partial charge in [-0.15, -0.1) is 0 Å². The summed E-state index contributed by atoms with van der Waals surface area (Å²) in [7, 11) is 0. The Morgan fingerprint density at radius 1 is 1.35 bits per heavy atom. The molecular weight excluding hydrogens is 301 g/mol. The smallest absolute Gasteiger partial charge is 0.416 e. The number of alkyl halides is 3. The van der Waals surface area contributed by atoms with Gasteiger partial charge in [0.2, 0.25) is 0 Å². The highest BCUT2D eigenvalue weighted by atomic mass is 79.9. The van der Waals surface area contributed by atoms with E-state index in [1.807, 2.05) is 0 Å². The molecular formula is C11H10BrF3O2. The predicted molar refractivity (Wildman–Crippen MR) is 59.0 cm³/mol. The van der Waals surface area contributed by atoms with Gasteiger partial charge in [0, 0.05) is 6.42 Å². The molecule has 1 aliphatic rings. The van der Waals surface area contributed by atoms with Crippen LogP contribution in [-0.2, 0) is 10.9 Å². The van der Waals surface area contributed by atoms with E-state index in [1.54, 1.807) is 0 Å². The summed E-state index contributed by atoms with van der Waals surface area (Å²) in [4.78, 5) is 0. The zero-order valence-corrected chi connectivity index (χ0v) is 10.3. The van der Waals surface area contributed by atoms with Crippen molar-refractivity contribution in [3.63, 3.8) is 0 Å². The average molecular weight is 311 g/mol. The Morgan fingerprint density at radius 3 is 2.65 bits per heavy atom. The fourth-order valence-corrected chi connectivity index (χ4v) is 2.03. The van der Waals surface area contributed by atoms with Crippen molar-refractivity contribution in [3.05, 3.63) is 28.2 Å². The van der Waals surface area contributed by atoms with E-state index < -0.39 is 11.7 Å². The molecule has 1 saturated heterocycles. The third-order valence-electron chi connectivity index (χ3n) is 2.44. The van der Waals surface area contributed by atoms with Crippen molar-refractivity contribution >= 4 is 15.9 Å². The summed E-state index contributed by atoms with van der Waals surface area (Å²) in [6, 6.07) is 3.35. The second-order valence-corrected chi connectivity index (χ2v) is 4.60. The molecule has 0 unspecified atom stereocenters. The average Bonchev–Trinajstić information content (AvgIpc) is 2.72. The van der Waals surface area contributed by atoms with Crippen LogP contribution < -0.4 is 4.74 Å². The maximum Gasteiger partial charge on any atom is 0.416 e. The molecule has 1 aromatic carbocycles. The molecule has 17 heavy (non-hydrogen) atoms. The Kier molecular flexibility index (Phi) is 3.63. The highest BCUT2D eigenvalue weighted by Crippen LogP contribution is 2.35. The van der Waals surface area contributed by atoms with E-state index in [1.165, 1.54) is 6.07 Å². The fraction of sp³-hybridized carbons (Fsp3) is 0.455. The van der Waals surface area contributed by atoms with E-state index in [0.717, 1.165) is 18.6 Å². The molecule has 0 N–H and O–H groups in total. The summed E-state index contributed by atoms with van der Waals surface area (Å²) < 4.78 is 48.2. The van der Waals surface area contributed by atoms with Crippen molar-refractivity contribution < 1.29 is 22.6 Å². The van der Waals surface area contributed by atoms with Crippen molar-refractivity contribution in [3.8, 4) is 5.75 Å². The van der Waals surface area contributed by atoms with Gasteiger partial charge in [-0.2, -0.15) is 13.2 Å². The minimum Gasteiger partial charge on any atom is -0.487 e. The van der Waals surface area contributed by atoms with Gasteiger partial charge < -0.3 is 9.47 Å². The molecule has 1 atom stereocenters. The van der Waals surface area contributed by atoms with Crippen LogP contribution in [0.5, 0.6) is 5.75 Å². The van der Waals surface area contributed by atoms with E-state index in [4.69, 9.17) is 9.47 Å². The van der Waals surface area contributed by atoms with Crippen LogP contribution in [0, 0.1) is 0 Å². The monoisotopic (exact) mass is 310 g/mol. The van der Waals surface area contributed by atoms with Crippen molar-refractivity contribution in [1.29, 1.82) is 0 Å². The van der Waals surface area contributed by atoms with E-state index in [-0.39, 0.29) is 6.10 Å². The standard InChI is InChI=1S/C11H10BrF3O2/c12-9-5-7(11(13,14)15)1-2-10(9)17-8-3-4-16-6-8/h1-2,5,8H,3-4,6H2/t8-/m1/s1. The number of hydrogen-bond acceptors (Lipinski definition) is 2. The maximum atomic E-state index is 12.4. The third kappa shape index (κ3) is 3.13. The third-order valence-corrected chi connectivity index (χ3v) is 3.06. The van der Waals surface area contributed by atoms with Crippen molar-refractivity contribution in [1.82, 2.24) is 0 Å². The minimum absolute atomic E-state index is 0.0805. The lowest BCUT2D eigenvalue weighted by atomic mass is 10.2. The molecule has 1 aromatic rings. The number of ether oxygens (including phenoxy) is 2. The molecule has 6 heteroatoms. The normalized spacial score (nSPS) is 20.6. The highest BCUT2D eigenvalue weighted by molar-refractivity contribution is 9.10. The number of hydrogen-bond donors (Lipinski definition) is 0. The number of halogens is 4. The molecule has 1 heterocycles. The Bertz CT molecular complexity index is 400. The zero-order chi connectivity index (χ0) is 12.5. The Hall–Kier alpha value is -0.750. The van der Waals surface area contributed by atoms with Crippen molar-refractivity contribution in [2.24, 2.45) is 0 Å². The molecule has 0 aliphatic carbocycles. The first-order chi connectivity index (χ1) is 7.97. The number of rotatable bonds is 2.